The van der Waals surface area contributed by atoms with Gasteiger partial charge < -0.3 is 31.2 Å². The molecule has 0 spiro atoms. The number of pyridine rings is 1. The summed E-state index contributed by atoms with van der Waals surface area (Å²) in [6, 6.07) is 3.31. The van der Waals surface area contributed by atoms with E-state index in [-0.39, 0.29) is 18.6 Å². The minimum atomic E-state index is -0.511. The standard InChI is InChI=1S/C30H42N8O4/c1-20-15-22(16-34-27(20)23(31)17-32-12-7-8-14-41-19-26(39)42-30(2,3)4)36-29(40)37-24-18-33-25-11-13-35-38(25)28(24)21-9-5-6-10-21/h11,13,15-18,21,32H,5-10,12,14,19,31H2,1-4H3,(H2,36,37,40)/b23-17-. The van der Waals surface area contributed by atoms with Gasteiger partial charge in [-0.05, 0) is 65.0 Å². The molecule has 0 saturated heterocycles. The number of fused-ring (bicyclic) bond motifs is 1. The summed E-state index contributed by atoms with van der Waals surface area (Å²) in [6.45, 7) is 8.48. The van der Waals surface area contributed by atoms with Gasteiger partial charge in [-0.2, -0.15) is 5.10 Å². The van der Waals surface area contributed by atoms with Gasteiger partial charge in [0.1, 0.15) is 12.2 Å². The maximum absolute atomic E-state index is 12.9. The van der Waals surface area contributed by atoms with Crippen molar-refractivity contribution in [3.8, 4) is 0 Å². The molecular weight excluding hydrogens is 536 g/mol. The second-order valence-corrected chi connectivity index (χ2v) is 11.5. The Morgan fingerprint density at radius 2 is 1.93 bits per heavy atom. The number of nitrogens with zero attached hydrogens (tertiary/aromatic N) is 4. The second-order valence-electron chi connectivity index (χ2n) is 11.5. The van der Waals surface area contributed by atoms with Gasteiger partial charge in [-0.25, -0.2) is 19.1 Å². The molecule has 1 saturated carbocycles. The Labute approximate surface area is 246 Å². The van der Waals surface area contributed by atoms with Crippen LogP contribution >= 0.6 is 0 Å². The fourth-order valence-electron chi connectivity index (χ4n) is 5.02. The lowest BCUT2D eigenvalue weighted by molar-refractivity contribution is -0.160. The van der Waals surface area contributed by atoms with Gasteiger partial charge >= 0.3 is 12.0 Å². The third kappa shape index (κ3) is 8.65. The van der Waals surface area contributed by atoms with E-state index >= 15 is 0 Å². The van der Waals surface area contributed by atoms with E-state index in [2.05, 4.69) is 31.0 Å². The molecule has 226 valence electrons. The Kier molecular flexibility index (Phi) is 10.3. The number of unbranched alkanes of at least 4 members (excludes halogenated alkanes) is 1. The summed E-state index contributed by atoms with van der Waals surface area (Å²) >= 11 is 0. The monoisotopic (exact) mass is 578 g/mol. The number of hydrogen-bond donors (Lipinski definition) is 4. The molecule has 42 heavy (non-hydrogen) atoms. The molecule has 1 aliphatic carbocycles. The number of aryl methyl sites for hydroxylation is 1. The zero-order chi connectivity index (χ0) is 30.1. The van der Waals surface area contributed by atoms with Crippen molar-refractivity contribution < 1.29 is 19.1 Å². The molecular formula is C30H42N8O4. The predicted octanol–water partition coefficient (Wildman–Crippen LogP) is 4.72. The second kappa shape index (κ2) is 14.1. The summed E-state index contributed by atoms with van der Waals surface area (Å²) in [7, 11) is 0. The summed E-state index contributed by atoms with van der Waals surface area (Å²) in [6.07, 6.45) is 12.8. The highest BCUT2D eigenvalue weighted by Gasteiger charge is 2.24. The highest BCUT2D eigenvalue weighted by Crippen LogP contribution is 2.37. The number of urea groups is 1. The first-order valence-corrected chi connectivity index (χ1v) is 14.5. The zero-order valence-electron chi connectivity index (χ0n) is 24.9. The SMILES string of the molecule is Cc1cc(NC(=O)Nc2cnc3ccnn3c2C2CCCC2)cnc1/C(N)=C/NCCCCOCC(=O)OC(C)(C)C. The third-order valence-electron chi connectivity index (χ3n) is 6.81. The van der Waals surface area contributed by atoms with Gasteiger partial charge in [0, 0.05) is 31.3 Å². The number of nitrogens with one attached hydrogen (secondary N) is 3. The lowest BCUT2D eigenvalue weighted by Crippen LogP contribution is -2.26. The van der Waals surface area contributed by atoms with E-state index in [0.717, 1.165) is 55.4 Å². The van der Waals surface area contributed by atoms with E-state index in [0.29, 0.717) is 41.8 Å². The largest absolute Gasteiger partial charge is 0.458 e. The minimum Gasteiger partial charge on any atom is -0.458 e. The van der Waals surface area contributed by atoms with E-state index in [4.69, 9.17) is 15.2 Å². The summed E-state index contributed by atoms with van der Waals surface area (Å²) in [5.74, 6) is -0.0335. The molecule has 3 aromatic heterocycles. The van der Waals surface area contributed by atoms with Crippen molar-refractivity contribution >= 4 is 34.7 Å². The lowest BCUT2D eigenvalue weighted by atomic mass is 10.0. The number of amides is 2. The number of anilines is 2. The number of nitrogens with two attached hydrogens (primary N) is 1. The van der Waals surface area contributed by atoms with Crippen LogP contribution in [0.1, 0.15) is 82.2 Å². The van der Waals surface area contributed by atoms with Gasteiger partial charge in [-0.1, -0.05) is 12.8 Å². The summed E-state index contributed by atoms with van der Waals surface area (Å²) in [5, 5.41) is 13.5. The first-order chi connectivity index (χ1) is 20.1. The molecule has 4 rings (SSSR count). The van der Waals surface area contributed by atoms with Crippen molar-refractivity contribution in [3.63, 3.8) is 0 Å². The normalized spacial score (nSPS) is 14.2. The number of carbonyl (C=O) groups is 2. The van der Waals surface area contributed by atoms with Crippen LogP contribution in [0.4, 0.5) is 16.2 Å². The van der Waals surface area contributed by atoms with Crippen LogP contribution in [-0.2, 0) is 14.3 Å². The van der Waals surface area contributed by atoms with Crippen molar-refractivity contribution in [2.45, 2.75) is 77.7 Å². The molecule has 0 unspecified atom stereocenters. The molecule has 5 N–H and O–H groups in total. The van der Waals surface area contributed by atoms with Gasteiger partial charge in [0.25, 0.3) is 0 Å². The molecule has 0 atom stereocenters. The molecule has 0 radical (unpaired) electrons. The van der Waals surface area contributed by atoms with Gasteiger partial charge in [0.2, 0.25) is 0 Å². The van der Waals surface area contributed by atoms with Crippen LogP contribution < -0.4 is 21.7 Å². The quantitative estimate of drug-likeness (QED) is 0.176. The Hall–Kier alpha value is -4.19. The highest BCUT2D eigenvalue weighted by atomic mass is 16.6. The maximum atomic E-state index is 12.9. The maximum Gasteiger partial charge on any atom is 0.332 e. The van der Waals surface area contributed by atoms with E-state index in [9.17, 15) is 9.59 Å². The van der Waals surface area contributed by atoms with Gasteiger partial charge in [0.15, 0.2) is 5.65 Å². The van der Waals surface area contributed by atoms with Crippen LogP contribution in [-0.4, -0.2) is 56.9 Å². The number of hydrogen-bond acceptors (Lipinski definition) is 9. The van der Waals surface area contributed by atoms with Crippen molar-refractivity contribution in [1.82, 2.24) is 24.9 Å². The van der Waals surface area contributed by atoms with Crippen LogP contribution in [0.15, 0.2) is 36.9 Å². The topological polar surface area (TPSA) is 158 Å². The average Bonchev–Trinajstić information content (AvgIpc) is 3.61. The first-order valence-electron chi connectivity index (χ1n) is 14.5. The highest BCUT2D eigenvalue weighted by molar-refractivity contribution is 6.00. The molecule has 0 aliphatic heterocycles. The average molecular weight is 579 g/mol. The Morgan fingerprint density at radius 1 is 1.14 bits per heavy atom. The van der Waals surface area contributed by atoms with E-state index in [1.165, 1.54) is 0 Å². The van der Waals surface area contributed by atoms with Crippen LogP contribution in [0, 0.1) is 6.92 Å². The van der Waals surface area contributed by atoms with E-state index in [1.807, 2.05) is 44.3 Å². The third-order valence-corrected chi connectivity index (χ3v) is 6.81. The number of aromatic nitrogens is 4. The van der Waals surface area contributed by atoms with Gasteiger partial charge in [-0.3, -0.25) is 4.98 Å². The number of carbonyl (C=O) groups excluding carboxylic acids is 2. The van der Waals surface area contributed by atoms with Crippen LogP contribution in [0.3, 0.4) is 0 Å². The molecule has 1 fully saturated rings. The fraction of sp³-hybridized carbons (Fsp3) is 0.500. The number of ether oxygens (including phenoxy) is 2. The van der Waals surface area contributed by atoms with Crippen LogP contribution in [0.2, 0.25) is 0 Å². The Balaban J connectivity index is 1.24. The molecule has 12 nitrogen and oxygen atoms in total. The van der Waals surface area contributed by atoms with Gasteiger partial charge in [-0.15, -0.1) is 0 Å². The Bertz CT molecular complexity index is 1410. The zero-order valence-corrected chi connectivity index (χ0v) is 24.9. The fourth-order valence-corrected chi connectivity index (χ4v) is 5.02. The van der Waals surface area contributed by atoms with E-state index < -0.39 is 5.60 Å². The number of rotatable bonds is 12. The molecule has 2 amide bonds. The van der Waals surface area contributed by atoms with Crippen molar-refractivity contribution in [3.05, 3.63) is 53.9 Å². The lowest BCUT2D eigenvalue weighted by Gasteiger charge is -2.19. The summed E-state index contributed by atoms with van der Waals surface area (Å²) in [4.78, 5) is 33.5. The van der Waals surface area contributed by atoms with Crippen molar-refractivity contribution in [1.29, 1.82) is 0 Å². The smallest absolute Gasteiger partial charge is 0.332 e. The molecule has 3 heterocycles. The summed E-state index contributed by atoms with van der Waals surface area (Å²) in [5.41, 5.74) is 10.7. The summed E-state index contributed by atoms with van der Waals surface area (Å²) < 4.78 is 12.4. The van der Waals surface area contributed by atoms with Crippen molar-refractivity contribution in [2.75, 3.05) is 30.4 Å². The minimum absolute atomic E-state index is 0.0469. The van der Waals surface area contributed by atoms with Crippen LogP contribution in [0.25, 0.3) is 11.3 Å². The van der Waals surface area contributed by atoms with E-state index in [1.54, 1.807) is 24.8 Å². The predicted molar refractivity (Wildman–Crippen MR) is 162 cm³/mol. The molecule has 3 aromatic rings. The molecule has 1 aliphatic rings. The van der Waals surface area contributed by atoms with Crippen LogP contribution in [0.5, 0.6) is 0 Å². The van der Waals surface area contributed by atoms with Crippen molar-refractivity contribution in [2.24, 2.45) is 5.73 Å². The number of esters is 1. The molecule has 12 heteroatoms. The molecule has 0 aromatic carbocycles. The Morgan fingerprint density at radius 3 is 2.67 bits per heavy atom. The van der Waals surface area contributed by atoms with Gasteiger partial charge in [0.05, 0.1) is 47.1 Å². The molecule has 0 bridgehead atoms. The first kappa shape index (κ1) is 30.8.